The summed E-state index contributed by atoms with van der Waals surface area (Å²) in [5.74, 6) is -13.5. The molecule has 0 spiro atoms. The molecule has 0 radical (unpaired) electrons. The molecule has 8 aromatic carbocycles. The molecule has 0 aliphatic heterocycles. The van der Waals surface area contributed by atoms with Gasteiger partial charge in [0.15, 0.2) is 0 Å². The van der Waals surface area contributed by atoms with Crippen LogP contribution in [0.25, 0.3) is 0 Å². The molecule has 566 valence electrons. The van der Waals surface area contributed by atoms with E-state index in [2.05, 4.69) is 26.6 Å². The third kappa shape index (κ3) is 17.0. The minimum Gasteiger partial charge on any atom is -0.481 e. The second kappa shape index (κ2) is 34.4. The topological polar surface area (TPSA) is 377 Å². The second-order valence-electron chi connectivity index (χ2n) is 27.9. The Morgan fingerprint density at radius 3 is 0.725 bits per heavy atom. The fourth-order valence-electron chi connectivity index (χ4n) is 16.6. The number of anilines is 7. The largest absolute Gasteiger partial charge is 0.481 e. The van der Waals surface area contributed by atoms with Gasteiger partial charge in [-0.05, 0) is 143 Å². The zero-order valence-corrected chi connectivity index (χ0v) is 61.9. The molecular formula is C85H89N7O17. The van der Waals surface area contributed by atoms with Crippen LogP contribution in [0.3, 0.4) is 0 Å². The smallest absolute Gasteiger partial charge is 0.309 e. The van der Waals surface area contributed by atoms with Gasteiger partial charge in [0.25, 0.3) is 0 Å². The standard InChI is InChI=1S/C44H46N4O8.C21H21NO5.C20H22N2O4/c1-23(49)34-35(26-9-17-31(18-10-26)46-24(2)50)39(36(34)27-11-19-32(20-12-27)47-25(3)51)42(52)48-33-21-13-29(14-22-33)38-40(43(53)55-5)37(41(38)44(54)56-6)28-7-15-30(45-4)16-8-28;1-11-3-5-13(6-4-11)16-18(20(24)25)17(19(16)21(26)27)14-7-9-15(10-8-14)22-12(2)23;1-25-19(23)17-15(11-3-7-13(21)8-4-11)18(20(24)26-2)16(17)12-5-9-14(22)10-6-12/h7-22,34-41,45H,1-6H3,(H,46,50)(H,47,51)(H,48,52);3-10,16-19H,1-2H3,(H,22,23)(H,24,25)(H,26,27);3-10,15-18H,21-22H2,1-2H3. The number of amides is 4. The SMILES string of the molecule is CC(=O)Nc1ccc(C2C(C(=O)O)C(c3ccc(C)cc3)C2C(=O)O)cc1.CNc1ccc(C2C(C(=O)OC)C(c3ccc(NC(=O)C4C(c5ccc(NC(C)=O)cc5)C(C(C)=O)C4c4ccc(NC(C)=O)cc4)cc3)C2C(=O)OC)cc1.COC(=O)C1C(c2ccc(N)cc2)C(C(=O)OC)C1c1ccc(N)cc1. The van der Waals surface area contributed by atoms with Gasteiger partial charge in [0.2, 0.25) is 23.6 Å². The maximum absolute atomic E-state index is 14.4. The van der Waals surface area contributed by atoms with Crippen molar-refractivity contribution in [3.8, 4) is 0 Å². The number of methoxy groups -OCH3 is 4. The Morgan fingerprint density at radius 2 is 0.505 bits per heavy atom. The molecule has 12 rings (SSSR count). The number of nitrogens with one attached hydrogen (secondary N) is 5. The van der Waals surface area contributed by atoms with E-state index in [4.69, 9.17) is 30.4 Å². The van der Waals surface area contributed by atoms with Crippen molar-refractivity contribution in [1.29, 1.82) is 0 Å². The van der Waals surface area contributed by atoms with E-state index in [-0.39, 0.29) is 53.2 Å². The number of carbonyl (C=O) groups excluding carboxylic acids is 9. The van der Waals surface area contributed by atoms with Crippen molar-refractivity contribution in [2.24, 2.45) is 47.3 Å². The highest BCUT2D eigenvalue weighted by atomic mass is 16.5. The zero-order chi connectivity index (χ0) is 78.8. The van der Waals surface area contributed by atoms with Crippen LogP contribution in [-0.4, -0.2) is 111 Å². The molecule has 24 heteroatoms. The molecule has 4 fully saturated rings. The molecule has 8 aromatic rings. The molecule has 0 bridgehead atoms. The third-order valence-corrected chi connectivity index (χ3v) is 21.5. The molecule has 11 N–H and O–H groups in total. The van der Waals surface area contributed by atoms with Crippen LogP contribution in [0.5, 0.6) is 0 Å². The van der Waals surface area contributed by atoms with Gasteiger partial charge in [-0.2, -0.15) is 0 Å². The molecule has 0 aromatic heterocycles. The van der Waals surface area contributed by atoms with E-state index in [0.29, 0.717) is 45.3 Å². The predicted molar refractivity (Wildman–Crippen MR) is 410 cm³/mol. The highest BCUT2D eigenvalue weighted by Gasteiger charge is 2.62. The highest BCUT2D eigenvalue weighted by molar-refractivity contribution is 5.98. The number of rotatable bonds is 21. The lowest BCUT2D eigenvalue weighted by Gasteiger charge is -2.50. The number of nitrogen functional groups attached to an aromatic ring is 2. The van der Waals surface area contributed by atoms with Crippen molar-refractivity contribution >= 4 is 105 Å². The predicted octanol–water partition coefficient (Wildman–Crippen LogP) is 12.0. The Hall–Kier alpha value is -12.5. The first kappa shape index (κ1) is 79.1. The number of benzene rings is 8. The van der Waals surface area contributed by atoms with E-state index in [9.17, 15) is 63.0 Å². The number of ketones is 1. The van der Waals surface area contributed by atoms with Crippen LogP contribution in [0.1, 0.15) is 125 Å². The summed E-state index contributed by atoms with van der Waals surface area (Å²) < 4.78 is 20.5. The number of aryl methyl sites for hydroxylation is 1. The van der Waals surface area contributed by atoms with Crippen molar-refractivity contribution in [3.63, 3.8) is 0 Å². The number of ether oxygens (including phenoxy) is 4. The Bertz CT molecular complexity index is 4480. The summed E-state index contributed by atoms with van der Waals surface area (Å²) in [6.45, 7) is 7.69. The molecule has 24 nitrogen and oxygen atoms in total. The van der Waals surface area contributed by atoms with Gasteiger partial charge in [0.05, 0.1) is 69.9 Å². The van der Waals surface area contributed by atoms with Crippen LogP contribution in [0.4, 0.5) is 39.8 Å². The quantitative estimate of drug-likeness (QED) is 0.0183. The molecule has 4 aliphatic rings. The minimum absolute atomic E-state index is 0.0672. The van der Waals surface area contributed by atoms with Gasteiger partial charge in [-0.3, -0.25) is 52.7 Å². The first-order valence-corrected chi connectivity index (χ1v) is 35.5. The summed E-state index contributed by atoms with van der Waals surface area (Å²) in [6, 6.07) is 57.4. The molecule has 6 atom stereocenters. The highest BCUT2D eigenvalue weighted by Crippen LogP contribution is 2.62. The first-order valence-electron chi connectivity index (χ1n) is 35.5. The van der Waals surface area contributed by atoms with Crippen LogP contribution >= 0.6 is 0 Å². The van der Waals surface area contributed by atoms with Gasteiger partial charge in [-0.25, -0.2) is 0 Å². The Balaban J connectivity index is 0.000000198. The molecule has 6 unspecified atom stereocenters. The van der Waals surface area contributed by atoms with E-state index < -0.39 is 107 Å². The number of Topliss-reactive ketones (excluding diaryl/α,β-unsaturated/α-hetero) is 1. The molecule has 4 aliphatic carbocycles. The first-order chi connectivity index (χ1) is 52.1. The molecule has 109 heavy (non-hydrogen) atoms. The van der Waals surface area contributed by atoms with Crippen molar-refractivity contribution < 1.29 is 81.9 Å². The minimum atomic E-state index is -1.01. The number of hydrogen-bond acceptors (Lipinski definition) is 18. The van der Waals surface area contributed by atoms with Gasteiger partial charge in [0, 0.05) is 121 Å². The van der Waals surface area contributed by atoms with Crippen LogP contribution in [0.15, 0.2) is 194 Å². The molecule has 0 heterocycles. The maximum atomic E-state index is 14.4. The average molecular weight is 1480 g/mol. The summed E-state index contributed by atoms with van der Waals surface area (Å²) in [6.07, 6.45) is 0. The summed E-state index contributed by atoms with van der Waals surface area (Å²) in [7, 11) is 7.18. The van der Waals surface area contributed by atoms with Gasteiger partial charge >= 0.3 is 35.8 Å². The summed E-state index contributed by atoms with van der Waals surface area (Å²) in [5, 5.41) is 33.8. The summed E-state index contributed by atoms with van der Waals surface area (Å²) in [4.78, 5) is 138. The van der Waals surface area contributed by atoms with E-state index >= 15 is 0 Å². The van der Waals surface area contributed by atoms with Gasteiger partial charge < -0.3 is 67.2 Å². The van der Waals surface area contributed by atoms with Crippen molar-refractivity contribution in [2.45, 2.75) is 82.0 Å². The van der Waals surface area contributed by atoms with Crippen LogP contribution in [-0.2, 0) is 71.7 Å². The monoisotopic (exact) mass is 1480 g/mol. The van der Waals surface area contributed by atoms with Crippen molar-refractivity contribution in [3.05, 3.63) is 244 Å². The average Bonchev–Trinajstić information content (AvgIpc) is 0.743. The number of aliphatic carboxylic acids is 2. The zero-order valence-electron chi connectivity index (χ0n) is 61.9. The fraction of sp³-hybridized carbons (Fsp3) is 0.306. The number of nitrogens with two attached hydrogens (primary N) is 2. The Kier molecular flexibility index (Phi) is 25.0. The number of hydrogen-bond donors (Lipinski definition) is 9. The third-order valence-electron chi connectivity index (χ3n) is 21.5. The van der Waals surface area contributed by atoms with E-state index in [1.54, 1.807) is 97.1 Å². The second-order valence-corrected chi connectivity index (χ2v) is 27.9. The van der Waals surface area contributed by atoms with Crippen LogP contribution in [0.2, 0.25) is 0 Å². The number of carboxylic acid groups (broad SMARTS) is 2. The van der Waals surface area contributed by atoms with E-state index in [1.807, 2.05) is 111 Å². The summed E-state index contributed by atoms with van der Waals surface area (Å²) in [5.41, 5.74) is 23.1. The lowest BCUT2D eigenvalue weighted by atomic mass is 9.51. The lowest BCUT2D eigenvalue weighted by Crippen LogP contribution is -2.52. The normalized spacial score (nSPS) is 23.9. The number of esters is 4. The van der Waals surface area contributed by atoms with Crippen LogP contribution in [0, 0.1) is 54.3 Å². The van der Waals surface area contributed by atoms with E-state index in [0.717, 1.165) is 44.6 Å². The van der Waals surface area contributed by atoms with Crippen molar-refractivity contribution in [2.75, 3.05) is 73.5 Å². The van der Waals surface area contributed by atoms with Crippen LogP contribution < -0.4 is 38.1 Å². The number of carbonyl (C=O) groups is 11. The Morgan fingerprint density at radius 1 is 0.294 bits per heavy atom. The number of carboxylic acids is 2. The van der Waals surface area contributed by atoms with Crippen molar-refractivity contribution in [1.82, 2.24) is 0 Å². The van der Waals surface area contributed by atoms with E-state index in [1.165, 1.54) is 56.1 Å². The fourth-order valence-corrected chi connectivity index (χ4v) is 16.6. The molecule has 0 saturated heterocycles. The molecule has 4 saturated carbocycles. The lowest BCUT2D eigenvalue weighted by molar-refractivity contribution is -0.165. The van der Waals surface area contributed by atoms with Gasteiger partial charge in [-0.15, -0.1) is 0 Å². The molecule has 4 amide bonds. The molecular weight excluding hydrogens is 1390 g/mol. The summed E-state index contributed by atoms with van der Waals surface area (Å²) >= 11 is 0. The van der Waals surface area contributed by atoms with Gasteiger partial charge in [0.1, 0.15) is 5.78 Å². The maximum Gasteiger partial charge on any atom is 0.309 e. The van der Waals surface area contributed by atoms with Gasteiger partial charge in [-0.1, -0.05) is 115 Å². The Labute approximate surface area is 631 Å².